The van der Waals surface area contributed by atoms with E-state index in [9.17, 15) is 9.90 Å². The Balaban J connectivity index is 1.54. The van der Waals surface area contributed by atoms with Gasteiger partial charge in [0.1, 0.15) is 12.2 Å². The van der Waals surface area contributed by atoms with Crippen LogP contribution >= 0.6 is 0 Å². The Morgan fingerprint density at radius 3 is 2.62 bits per heavy atom. The smallest absolute Gasteiger partial charge is 0.331 e. The molecular formula is C24H32O5. The summed E-state index contributed by atoms with van der Waals surface area (Å²) in [6.07, 6.45) is 4.43. The summed E-state index contributed by atoms with van der Waals surface area (Å²) < 4.78 is 17.9. The molecule has 0 unspecified atom stereocenters. The highest BCUT2D eigenvalue weighted by Gasteiger charge is 2.63. The molecule has 4 rings (SSSR count). The number of esters is 1. The number of epoxide rings is 2. The van der Waals surface area contributed by atoms with Gasteiger partial charge in [0, 0.05) is 18.4 Å². The maximum absolute atomic E-state index is 12.6. The van der Waals surface area contributed by atoms with Crippen LogP contribution in [0.3, 0.4) is 0 Å². The third-order valence-corrected chi connectivity index (χ3v) is 6.87. The number of benzene rings is 1. The molecule has 0 bridgehead atoms. The van der Waals surface area contributed by atoms with Crippen molar-refractivity contribution in [1.82, 2.24) is 0 Å². The lowest BCUT2D eigenvalue weighted by Crippen LogP contribution is -2.45. The molecule has 0 aromatic heterocycles. The van der Waals surface area contributed by atoms with Gasteiger partial charge < -0.3 is 19.3 Å². The molecule has 0 spiro atoms. The van der Waals surface area contributed by atoms with Gasteiger partial charge in [-0.1, -0.05) is 44.2 Å². The highest BCUT2D eigenvalue weighted by molar-refractivity contribution is 5.87. The number of hydrogen-bond acceptors (Lipinski definition) is 5. The number of carbonyl (C=O) groups excluding carboxylic acids is 1. The molecule has 3 aliphatic rings. The van der Waals surface area contributed by atoms with Crippen LogP contribution in [0.5, 0.6) is 0 Å². The SMILES string of the molecule is CC(C)[C@H]1[C@@H](O)[C@H]2O[C@]2(C)CC[C@@H]2O[C@]2(C)C[C@H]1OC(=O)/C=C/c1ccccc1. The minimum Gasteiger partial charge on any atom is -0.459 e. The molecule has 2 saturated heterocycles. The predicted molar refractivity (Wildman–Crippen MR) is 110 cm³/mol. The highest BCUT2D eigenvalue weighted by atomic mass is 16.6. The summed E-state index contributed by atoms with van der Waals surface area (Å²) in [4.78, 5) is 12.6. The van der Waals surface area contributed by atoms with Gasteiger partial charge in [0.25, 0.3) is 0 Å². The van der Waals surface area contributed by atoms with Gasteiger partial charge in [-0.15, -0.1) is 0 Å². The van der Waals surface area contributed by atoms with Crippen molar-refractivity contribution in [2.45, 2.75) is 82.6 Å². The second-order valence-corrected chi connectivity index (χ2v) is 9.54. The van der Waals surface area contributed by atoms with Gasteiger partial charge in [0.2, 0.25) is 0 Å². The van der Waals surface area contributed by atoms with E-state index < -0.39 is 18.2 Å². The van der Waals surface area contributed by atoms with E-state index in [1.807, 2.05) is 30.3 Å². The number of rotatable bonds is 4. The Labute approximate surface area is 173 Å². The number of fused-ring (bicyclic) bond motifs is 2. The van der Waals surface area contributed by atoms with Crippen molar-refractivity contribution in [3.63, 3.8) is 0 Å². The van der Waals surface area contributed by atoms with Crippen molar-refractivity contribution in [2.24, 2.45) is 11.8 Å². The monoisotopic (exact) mass is 400 g/mol. The summed E-state index contributed by atoms with van der Waals surface area (Å²) in [5, 5.41) is 11.1. The summed E-state index contributed by atoms with van der Waals surface area (Å²) in [5.74, 6) is -0.473. The fourth-order valence-electron chi connectivity index (χ4n) is 4.96. The molecule has 29 heavy (non-hydrogen) atoms. The van der Waals surface area contributed by atoms with Gasteiger partial charge >= 0.3 is 5.97 Å². The molecule has 2 aliphatic heterocycles. The maximum Gasteiger partial charge on any atom is 0.331 e. The summed E-state index contributed by atoms with van der Waals surface area (Å²) in [5.41, 5.74) is 0.327. The summed E-state index contributed by atoms with van der Waals surface area (Å²) >= 11 is 0. The molecule has 1 saturated carbocycles. The average molecular weight is 401 g/mol. The minimum atomic E-state index is -0.671. The van der Waals surface area contributed by atoms with E-state index in [2.05, 4.69) is 27.7 Å². The van der Waals surface area contributed by atoms with Crippen molar-refractivity contribution in [1.29, 1.82) is 0 Å². The molecule has 1 N–H and O–H groups in total. The van der Waals surface area contributed by atoms with E-state index in [0.717, 1.165) is 18.4 Å². The number of aliphatic hydroxyl groups is 1. The summed E-state index contributed by atoms with van der Waals surface area (Å²) in [6.45, 7) is 8.27. The second-order valence-electron chi connectivity index (χ2n) is 9.54. The van der Waals surface area contributed by atoms with Gasteiger partial charge in [-0.2, -0.15) is 0 Å². The Kier molecular flexibility index (Phi) is 5.34. The Morgan fingerprint density at radius 2 is 1.93 bits per heavy atom. The first-order valence-electron chi connectivity index (χ1n) is 10.7. The lowest BCUT2D eigenvalue weighted by molar-refractivity contribution is -0.152. The van der Waals surface area contributed by atoms with E-state index in [-0.39, 0.29) is 35.2 Å². The molecule has 7 atom stereocenters. The lowest BCUT2D eigenvalue weighted by Gasteiger charge is -2.34. The zero-order valence-electron chi connectivity index (χ0n) is 17.7. The Hall–Kier alpha value is -1.69. The van der Waals surface area contributed by atoms with Gasteiger partial charge in [0.05, 0.1) is 23.4 Å². The third-order valence-electron chi connectivity index (χ3n) is 6.87. The van der Waals surface area contributed by atoms with Crippen LogP contribution in [0.1, 0.15) is 52.5 Å². The van der Waals surface area contributed by atoms with Crippen molar-refractivity contribution in [3.05, 3.63) is 42.0 Å². The zero-order valence-corrected chi connectivity index (χ0v) is 17.7. The average Bonchev–Trinajstić information content (AvgIpc) is 3.53. The largest absolute Gasteiger partial charge is 0.459 e. The fraction of sp³-hybridized carbons (Fsp3) is 0.625. The van der Waals surface area contributed by atoms with E-state index in [1.54, 1.807) is 6.08 Å². The van der Waals surface area contributed by atoms with Crippen molar-refractivity contribution < 1.29 is 24.1 Å². The molecule has 1 aliphatic carbocycles. The van der Waals surface area contributed by atoms with Crippen LogP contribution in [-0.4, -0.2) is 46.7 Å². The van der Waals surface area contributed by atoms with Crippen molar-refractivity contribution in [3.8, 4) is 0 Å². The number of ether oxygens (including phenoxy) is 3. The fourth-order valence-corrected chi connectivity index (χ4v) is 4.96. The van der Waals surface area contributed by atoms with Gasteiger partial charge in [-0.25, -0.2) is 4.79 Å². The van der Waals surface area contributed by atoms with Crippen molar-refractivity contribution >= 4 is 12.0 Å². The topological polar surface area (TPSA) is 71.6 Å². The molecule has 0 amide bonds. The van der Waals surface area contributed by atoms with Crippen LogP contribution in [0, 0.1) is 11.8 Å². The standard InChI is InChI=1S/C24H32O5/c1-15(2)20-17(27-19(25)11-10-16-8-6-5-7-9-16)14-24(4)18(28-24)12-13-23(3)22(29-23)21(20)26/h5-11,15,17-18,20-22,26H,12-14H2,1-4H3/b11-10+/t17-,18+,20-,21-,22-,23-,24-/m1/s1. The van der Waals surface area contributed by atoms with Crippen LogP contribution in [0.2, 0.25) is 0 Å². The molecular weight excluding hydrogens is 368 g/mol. The first kappa shape index (κ1) is 20.6. The molecule has 2 heterocycles. The molecule has 5 heteroatoms. The lowest BCUT2D eigenvalue weighted by atomic mass is 9.76. The van der Waals surface area contributed by atoms with Crippen LogP contribution in [-0.2, 0) is 19.0 Å². The van der Waals surface area contributed by atoms with Crippen LogP contribution in [0.25, 0.3) is 6.08 Å². The quantitative estimate of drug-likeness (QED) is 0.474. The molecule has 1 aromatic carbocycles. The Morgan fingerprint density at radius 1 is 1.21 bits per heavy atom. The maximum atomic E-state index is 12.6. The first-order chi connectivity index (χ1) is 13.7. The van der Waals surface area contributed by atoms with Gasteiger partial charge in [-0.3, -0.25) is 0 Å². The van der Waals surface area contributed by atoms with E-state index >= 15 is 0 Å². The molecule has 158 valence electrons. The molecule has 1 aromatic rings. The number of carbonyl (C=O) groups is 1. The van der Waals surface area contributed by atoms with E-state index in [0.29, 0.717) is 6.42 Å². The van der Waals surface area contributed by atoms with Crippen LogP contribution in [0.4, 0.5) is 0 Å². The normalized spacial score (nSPS) is 41.5. The highest BCUT2D eigenvalue weighted by Crippen LogP contribution is 2.52. The van der Waals surface area contributed by atoms with Crippen LogP contribution in [0.15, 0.2) is 36.4 Å². The van der Waals surface area contributed by atoms with Crippen molar-refractivity contribution in [2.75, 3.05) is 0 Å². The minimum absolute atomic E-state index is 0.134. The zero-order chi connectivity index (χ0) is 20.8. The van der Waals surface area contributed by atoms with Gasteiger partial charge in [0.15, 0.2) is 0 Å². The van der Waals surface area contributed by atoms with Crippen LogP contribution < -0.4 is 0 Å². The number of hydrogen-bond donors (Lipinski definition) is 1. The first-order valence-corrected chi connectivity index (χ1v) is 10.7. The second kappa shape index (κ2) is 7.53. The van der Waals surface area contributed by atoms with E-state index in [1.165, 1.54) is 6.08 Å². The number of aliphatic hydroxyl groups excluding tert-OH is 1. The third kappa shape index (κ3) is 4.27. The Bertz CT molecular complexity index is 775. The molecule has 0 radical (unpaired) electrons. The summed E-state index contributed by atoms with van der Waals surface area (Å²) in [6, 6.07) is 9.65. The van der Waals surface area contributed by atoms with Gasteiger partial charge in [-0.05, 0) is 44.2 Å². The summed E-state index contributed by atoms with van der Waals surface area (Å²) in [7, 11) is 0. The molecule has 3 fully saturated rings. The molecule has 5 nitrogen and oxygen atoms in total. The van der Waals surface area contributed by atoms with E-state index in [4.69, 9.17) is 14.2 Å². The predicted octanol–water partition coefficient (Wildman–Crippen LogP) is 3.74.